The topological polar surface area (TPSA) is 73.7 Å². The van der Waals surface area contributed by atoms with E-state index >= 15 is 0 Å². The average Bonchev–Trinajstić information content (AvgIpc) is 3.18. The molecule has 0 unspecified atom stereocenters. The van der Waals surface area contributed by atoms with Gasteiger partial charge in [0.1, 0.15) is 5.52 Å². The lowest BCUT2D eigenvalue weighted by Crippen LogP contribution is -2.40. The van der Waals surface area contributed by atoms with E-state index in [4.69, 9.17) is 9.47 Å². The van der Waals surface area contributed by atoms with E-state index in [0.717, 1.165) is 36.0 Å². The van der Waals surface area contributed by atoms with E-state index in [2.05, 4.69) is 9.55 Å². The van der Waals surface area contributed by atoms with Crippen molar-refractivity contribution in [1.82, 2.24) is 14.5 Å². The Labute approximate surface area is 175 Å². The third kappa shape index (κ3) is 4.21. The first-order chi connectivity index (χ1) is 14.7. The fourth-order valence-electron chi connectivity index (χ4n) is 3.78. The minimum atomic E-state index is -0.328. The Bertz CT molecular complexity index is 1040. The van der Waals surface area contributed by atoms with Crippen LogP contribution in [-0.2, 0) is 22.4 Å². The van der Waals surface area contributed by atoms with E-state index < -0.39 is 0 Å². The van der Waals surface area contributed by atoms with Crippen molar-refractivity contribution in [3.63, 3.8) is 0 Å². The molecule has 0 atom stereocenters. The van der Waals surface area contributed by atoms with Gasteiger partial charge in [-0.25, -0.2) is 4.79 Å². The monoisotopic (exact) mass is 407 g/mol. The van der Waals surface area contributed by atoms with Crippen LogP contribution in [0.25, 0.3) is 11.0 Å². The van der Waals surface area contributed by atoms with Crippen molar-refractivity contribution < 1.29 is 19.1 Å². The minimum absolute atomic E-state index is 0.0131. The maximum atomic E-state index is 13.0. The van der Waals surface area contributed by atoms with Crippen LogP contribution in [0, 0.1) is 0 Å². The van der Waals surface area contributed by atoms with Crippen molar-refractivity contribution in [2.75, 3.05) is 33.4 Å². The summed E-state index contributed by atoms with van der Waals surface area (Å²) in [4.78, 5) is 30.9. The molecule has 156 valence electrons. The number of carbonyl (C=O) groups is 2. The molecule has 3 heterocycles. The second-order valence-electron chi connectivity index (χ2n) is 7.30. The molecular weight excluding hydrogens is 382 g/mol. The van der Waals surface area contributed by atoms with E-state index in [-0.39, 0.29) is 11.9 Å². The Morgan fingerprint density at radius 3 is 2.63 bits per heavy atom. The summed E-state index contributed by atoms with van der Waals surface area (Å²) in [5.74, 6) is -0.315. The van der Waals surface area contributed by atoms with Crippen LogP contribution in [0.5, 0.6) is 0 Å². The van der Waals surface area contributed by atoms with Crippen LogP contribution in [0.1, 0.15) is 32.7 Å². The Hall–Kier alpha value is -3.19. The average molecular weight is 407 g/mol. The molecule has 1 aliphatic heterocycles. The summed E-state index contributed by atoms with van der Waals surface area (Å²) in [6, 6.07) is 11.4. The Morgan fingerprint density at radius 1 is 1.13 bits per heavy atom. The van der Waals surface area contributed by atoms with Crippen LogP contribution in [0.2, 0.25) is 0 Å². The first-order valence-electron chi connectivity index (χ1n) is 10.2. The van der Waals surface area contributed by atoms with Crippen molar-refractivity contribution >= 4 is 22.9 Å². The van der Waals surface area contributed by atoms with Gasteiger partial charge in [-0.2, -0.15) is 0 Å². The van der Waals surface area contributed by atoms with Crippen molar-refractivity contribution in [3.8, 4) is 0 Å². The molecule has 0 aliphatic carbocycles. The number of rotatable bonds is 6. The molecule has 1 saturated heterocycles. The van der Waals surface area contributed by atoms with E-state index in [9.17, 15) is 9.59 Å². The highest BCUT2D eigenvalue weighted by molar-refractivity contribution is 6.05. The standard InChI is InChI=1S/C23H25N3O4/c1-29-23(28)18-8-6-17(7-9-18)4-3-11-26-16-19(21-20(26)5-2-10-24-21)22(27)25-12-14-30-15-13-25/h2,5-10,16H,3-4,11-15H2,1H3. The third-order valence-corrected chi connectivity index (χ3v) is 5.40. The van der Waals surface area contributed by atoms with Gasteiger partial charge in [-0.1, -0.05) is 12.1 Å². The molecule has 7 nitrogen and oxygen atoms in total. The number of carbonyl (C=O) groups excluding carboxylic acids is 2. The summed E-state index contributed by atoms with van der Waals surface area (Å²) in [6.07, 6.45) is 5.43. The van der Waals surface area contributed by atoms with Gasteiger partial charge >= 0.3 is 5.97 Å². The van der Waals surface area contributed by atoms with Crippen LogP contribution in [0.3, 0.4) is 0 Å². The van der Waals surface area contributed by atoms with Crippen molar-refractivity contribution in [2.45, 2.75) is 19.4 Å². The van der Waals surface area contributed by atoms with Gasteiger partial charge in [-0.3, -0.25) is 9.78 Å². The van der Waals surface area contributed by atoms with Crippen molar-refractivity contribution in [1.29, 1.82) is 0 Å². The lowest BCUT2D eigenvalue weighted by molar-refractivity contribution is 0.0304. The summed E-state index contributed by atoms with van der Waals surface area (Å²) in [7, 11) is 1.38. The molecule has 0 spiro atoms. The summed E-state index contributed by atoms with van der Waals surface area (Å²) in [5, 5.41) is 0. The summed E-state index contributed by atoms with van der Waals surface area (Å²) >= 11 is 0. The zero-order chi connectivity index (χ0) is 20.9. The number of ether oxygens (including phenoxy) is 2. The van der Waals surface area contributed by atoms with Crippen LogP contribution in [0.4, 0.5) is 0 Å². The van der Waals surface area contributed by atoms with Gasteiger partial charge in [0.05, 0.1) is 37.0 Å². The number of aromatic nitrogens is 2. The Kier molecular flexibility index (Phi) is 6.09. The fourth-order valence-corrected chi connectivity index (χ4v) is 3.78. The summed E-state index contributed by atoms with van der Waals surface area (Å²) in [6.45, 7) is 3.15. The Balaban J connectivity index is 1.46. The van der Waals surface area contributed by atoms with Gasteiger partial charge in [0.15, 0.2) is 0 Å². The molecule has 4 rings (SSSR count). The molecule has 2 aromatic heterocycles. The first kappa shape index (κ1) is 20.1. The zero-order valence-electron chi connectivity index (χ0n) is 17.0. The maximum Gasteiger partial charge on any atom is 0.337 e. The summed E-state index contributed by atoms with van der Waals surface area (Å²) in [5.41, 5.74) is 4.07. The van der Waals surface area contributed by atoms with Crippen molar-refractivity contribution in [3.05, 3.63) is 65.5 Å². The Morgan fingerprint density at radius 2 is 1.90 bits per heavy atom. The molecule has 1 fully saturated rings. The molecule has 3 aromatic rings. The van der Waals surface area contributed by atoms with Gasteiger partial charge in [-0.15, -0.1) is 0 Å². The van der Waals surface area contributed by atoms with Crippen LogP contribution < -0.4 is 0 Å². The van der Waals surface area contributed by atoms with E-state index in [1.54, 1.807) is 18.3 Å². The first-order valence-corrected chi connectivity index (χ1v) is 10.2. The molecule has 0 bridgehead atoms. The second kappa shape index (κ2) is 9.09. The van der Waals surface area contributed by atoms with E-state index in [0.29, 0.717) is 37.4 Å². The van der Waals surface area contributed by atoms with Crippen LogP contribution in [0.15, 0.2) is 48.8 Å². The minimum Gasteiger partial charge on any atom is -0.465 e. The highest BCUT2D eigenvalue weighted by Gasteiger charge is 2.23. The van der Waals surface area contributed by atoms with Crippen molar-refractivity contribution in [2.24, 2.45) is 0 Å². The molecule has 1 amide bonds. The highest BCUT2D eigenvalue weighted by Crippen LogP contribution is 2.22. The van der Waals surface area contributed by atoms with Gasteiger partial charge in [0.2, 0.25) is 0 Å². The fraction of sp³-hybridized carbons (Fsp3) is 0.348. The maximum absolute atomic E-state index is 13.0. The molecular formula is C23H25N3O4. The number of amides is 1. The summed E-state index contributed by atoms with van der Waals surface area (Å²) < 4.78 is 12.2. The van der Waals surface area contributed by atoms with Gasteiger partial charge in [0.25, 0.3) is 5.91 Å². The van der Waals surface area contributed by atoms with Crippen LogP contribution in [-0.4, -0.2) is 59.7 Å². The second-order valence-corrected chi connectivity index (χ2v) is 7.30. The normalized spacial score (nSPS) is 14.1. The third-order valence-electron chi connectivity index (χ3n) is 5.40. The number of pyridine rings is 1. The molecule has 30 heavy (non-hydrogen) atoms. The molecule has 0 radical (unpaired) electrons. The quantitative estimate of drug-likeness (QED) is 0.588. The largest absolute Gasteiger partial charge is 0.465 e. The smallest absolute Gasteiger partial charge is 0.337 e. The molecule has 0 saturated carbocycles. The lowest BCUT2D eigenvalue weighted by Gasteiger charge is -2.26. The number of aryl methyl sites for hydroxylation is 2. The van der Waals surface area contributed by atoms with Gasteiger partial charge < -0.3 is 18.9 Å². The number of fused-ring (bicyclic) bond motifs is 1. The molecule has 1 aromatic carbocycles. The predicted octanol–water partition coefficient (Wildman–Crippen LogP) is 2.93. The molecule has 7 heteroatoms. The number of methoxy groups -OCH3 is 1. The van der Waals surface area contributed by atoms with Crippen LogP contribution >= 0.6 is 0 Å². The van der Waals surface area contributed by atoms with Gasteiger partial charge in [0, 0.05) is 32.0 Å². The zero-order valence-corrected chi connectivity index (χ0v) is 17.0. The predicted molar refractivity (Wildman–Crippen MR) is 113 cm³/mol. The van der Waals surface area contributed by atoms with Gasteiger partial charge in [-0.05, 0) is 42.7 Å². The molecule has 1 aliphatic rings. The number of nitrogens with zero attached hydrogens (tertiary/aromatic N) is 3. The lowest BCUT2D eigenvalue weighted by atomic mass is 10.1. The van der Waals surface area contributed by atoms with E-state index in [1.165, 1.54) is 7.11 Å². The number of morpholine rings is 1. The van der Waals surface area contributed by atoms with E-state index in [1.807, 2.05) is 35.4 Å². The number of hydrogen-bond acceptors (Lipinski definition) is 5. The molecule has 0 N–H and O–H groups in total. The number of benzene rings is 1. The number of esters is 1. The number of hydrogen-bond donors (Lipinski definition) is 0. The SMILES string of the molecule is COC(=O)c1ccc(CCCn2cc(C(=O)N3CCOCC3)c3ncccc32)cc1. The highest BCUT2D eigenvalue weighted by atomic mass is 16.5.